The van der Waals surface area contributed by atoms with Gasteiger partial charge in [-0.2, -0.15) is 12.6 Å². The van der Waals surface area contributed by atoms with Gasteiger partial charge in [-0.3, -0.25) is 14.4 Å². The van der Waals surface area contributed by atoms with Crippen molar-refractivity contribution in [2.75, 3.05) is 5.75 Å². The maximum atomic E-state index is 13.1. The third-order valence-electron chi connectivity index (χ3n) is 5.64. The smallest absolute Gasteiger partial charge is 0.326 e. The van der Waals surface area contributed by atoms with Crippen molar-refractivity contribution in [1.82, 2.24) is 16.0 Å². The van der Waals surface area contributed by atoms with Crippen molar-refractivity contribution >= 4 is 36.3 Å². The number of hydrogen-bond donors (Lipinski definition) is 9. The van der Waals surface area contributed by atoms with E-state index in [2.05, 4.69) is 28.6 Å². The third kappa shape index (κ3) is 9.25. The van der Waals surface area contributed by atoms with E-state index < -0.39 is 54.0 Å². The van der Waals surface area contributed by atoms with E-state index in [0.717, 1.165) is 0 Å². The van der Waals surface area contributed by atoms with Crippen LogP contribution in [0.5, 0.6) is 11.5 Å². The molecule has 2 aromatic carbocycles. The van der Waals surface area contributed by atoms with Crippen LogP contribution in [0, 0.1) is 0 Å². The molecule has 0 saturated carbocycles. The fourth-order valence-electron chi connectivity index (χ4n) is 3.37. The van der Waals surface area contributed by atoms with Gasteiger partial charge in [0.25, 0.3) is 0 Å². The van der Waals surface area contributed by atoms with Crippen LogP contribution in [0.3, 0.4) is 0 Å². The maximum absolute atomic E-state index is 13.1. The molecular weight excluding hydrogens is 516 g/mol. The number of nitrogens with two attached hydrogens (primary N) is 1. The predicted octanol–water partition coefficient (Wildman–Crippen LogP) is -0.940. The first-order valence-corrected chi connectivity index (χ1v) is 12.3. The number of phenolic OH excluding ortho intramolecular Hbond substituents is 2. The third-order valence-corrected chi connectivity index (χ3v) is 6.00. The second-order valence-corrected chi connectivity index (χ2v) is 9.08. The molecule has 0 fully saturated rings. The van der Waals surface area contributed by atoms with E-state index in [1.54, 1.807) is 12.1 Å². The summed E-state index contributed by atoms with van der Waals surface area (Å²) in [7, 11) is 0. The molecule has 5 unspecified atom stereocenters. The van der Waals surface area contributed by atoms with Gasteiger partial charge < -0.3 is 42.1 Å². The number of carboxylic acids is 1. The summed E-state index contributed by atoms with van der Waals surface area (Å²) in [6, 6.07) is 6.57. The molecule has 0 radical (unpaired) electrons. The highest BCUT2D eigenvalue weighted by molar-refractivity contribution is 7.80. The first-order valence-electron chi connectivity index (χ1n) is 11.7. The van der Waals surface area contributed by atoms with E-state index in [4.69, 9.17) is 5.73 Å². The number of rotatable bonds is 13. The van der Waals surface area contributed by atoms with Crippen molar-refractivity contribution in [2.24, 2.45) is 5.73 Å². The van der Waals surface area contributed by atoms with Gasteiger partial charge in [0.15, 0.2) is 0 Å². The number of aliphatic hydroxyl groups excluding tert-OH is 1. The van der Waals surface area contributed by atoms with Gasteiger partial charge in [0.1, 0.15) is 35.7 Å². The number of nitrogens with one attached hydrogen (secondary N) is 3. The summed E-state index contributed by atoms with van der Waals surface area (Å²) in [5.74, 6) is -3.87. The second-order valence-electron chi connectivity index (χ2n) is 8.71. The van der Waals surface area contributed by atoms with E-state index in [1.165, 1.54) is 43.3 Å². The fraction of sp³-hybridized carbons (Fsp3) is 0.360. The minimum absolute atomic E-state index is 0.00186. The van der Waals surface area contributed by atoms with Crippen LogP contribution in [0.15, 0.2) is 48.5 Å². The number of aromatic hydroxyl groups is 2. The molecule has 0 aromatic heterocycles. The molecule has 3 amide bonds. The lowest BCUT2D eigenvalue weighted by Crippen LogP contribution is -2.59. The quantitative estimate of drug-likeness (QED) is 0.141. The Hall–Kier alpha value is -3.81. The Kier molecular flexibility index (Phi) is 11.4. The lowest BCUT2D eigenvalue weighted by Gasteiger charge is -2.25. The van der Waals surface area contributed by atoms with Crippen LogP contribution in [0.2, 0.25) is 0 Å². The van der Waals surface area contributed by atoms with E-state index >= 15 is 0 Å². The molecule has 0 aliphatic heterocycles. The van der Waals surface area contributed by atoms with Crippen molar-refractivity contribution < 1.29 is 39.6 Å². The molecule has 12 nitrogen and oxygen atoms in total. The van der Waals surface area contributed by atoms with Crippen molar-refractivity contribution in [3.8, 4) is 11.5 Å². The molecule has 206 valence electrons. The molecule has 0 bridgehead atoms. The highest BCUT2D eigenvalue weighted by Gasteiger charge is 2.30. The Labute approximate surface area is 224 Å². The van der Waals surface area contributed by atoms with Crippen LogP contribution >= 0.6 is 12.6 Å². The van der Waals surface area contributed by atoms with Gasteiger partial charge in [-0.1, -0.05) is 24.3 Å². The average Bonchev–Trinajstić information content (AvgIpc) is 2.87. The SMILES string of the molecule is CC(O)C(N)C(=O)NC(Cc1ccc(O)cc1)C(=O)NC(CS)C(=O)NC(Cc1ccc(O)cc1)C(=O)O. The zero-order valence-electron chi connectivity index (χ0n) is 20.6. The number of aliphatic carboxylic acids is 1. The highest BCUT2D eigenvalue weighted by Crippen LogP contribution is 2.13. The van der Waals surface area contributed by atoms with Crippen molar-refractivity contribution in [3.63, 3.8) is 0 Å². The Morgan fingerprint density at radius 1 is 0.763 bits per heavy atom. The van der Waals surface area contributed by atoms with Gasteiger partial charge in [0, 0.05) is 18.6 Å². The number of carboxylic acid groups (broad SMARTS) is 1. The van der Waals surface area contributed by atoms with Crippen molar-refractivity contribution in [3.05, 3.63) is 59.7 Å². The molecule has 0 aliphatic carbocycles. The number of carbonyl (C=O) groups excluding carboxylic acids is 3. The Morgan fingerprint density at radius 2 is 1.16 bits per heavy atom. The van der Waals surface area contributed by atoms with Gasteiger partial charge in [0.2, 0.25) is 17.7 Å². The fourth-order valence-corrected chi connectivity index (χ4v) is 3.63. The Balaban J connectivity index is 2.15. The Morgan fingerprint density at radius 3 is 1.58 bits per heavy atom. The topological polar surface area (TPSA) is 211 Å². The summed E-state index contributed by atoms with van der Waals surface area (Å²) in [5, 5.41) is 45.4. The van der Waals surface area contributed by atoms with Crippen molar-refractivity contribution in [1.29, 1.82) is 0 Å². The van der Waals surface area contributed by atoms with Crippen LogP contribution in [0.4, 0.5) is 0 Å². The zero-order valence-corrected chi connectivity index (χ0v) is 21.5. The normalized spacial score (nSPS) is 14.8. The van der Waals surface area contributed by atoms with Gasteiger partial charge in [-0.25, -0.2) is 4.79 Å². The number of amides is 3. The number of phenols is 2. The highest BCUT2D eigenvalue weighted by atomic mass is 32.1. The number of thiol groups is 1. The van der Waals surface area contributed by atoms with E-state index in [0.29, 0.717) is 11.1 Å². The standard InChI is InChI=1S/C25H32N4O8S/c1-13(30)21(26)24(35)27-18(10-14-2-6-16(31)7-3-14)22(33)29-20(12-38)23(34)28-19(25(36)37)11-15-4-8-17(32)9-5-15/h2-9,13,18-21,30-32,38H,10-12,26H2,1H3,(H,27,35)(H,28,34)(H,29,33)(H,36,37). The summed E-state index contributed by atoms with van der Waals surface area (Å²) in [5.41, 5.74) is 6.80. The number of benzene rings is 2. The largest absolute Gasteiger partial charge is 0.508 e. The van der Waals surface area contributed by atoms with Crippen LogP contribution in [-0.2, 0) is 32.0 Å². The first-order chi connectivity index (χ1) is 17.9. The molecule has 38 heavy (non-hydrogen) atoms. The zero-order chi connectivity index (χ0) is 28.4. The minimum Gasteiger partial charge on any atom is -0.508 e. The summed E-state index contributed by atoms with van der Waals surface area (Å²) in [6.45, 7) is 1.32. The Bertz CT molecular complexity index is 1110. The summed E-state index contributed by atoms with van der Waals surface area (Å²) in [6.07, 6.45) is -1.31. The number of aliphatic hydroxyl groups is 1. The predicted molar refractivity (Wildman–Crippen MR) is 141 cm³/mol. The lowest BCUT2D eigenvalue weighted by molar-refractivity contribution is -0.142. The maximum Gasteiger partial charge on any atom is 0.326 e. The lowest BCUT2D eigenvalue weighted by atomic mass is 10.0. The summed E-state index contributed by atoms with van der Waals surface area (Å²) in [4.78, 5) is 50.2. The van der Waals surface area contributed by atoms with Gasteiger partial charge in [-0.15, -0.1) is 0 Å². The molecule has 9 N–H and O–H groups in total. The molecule has 0 spiro atoms. The second kappa shape index (κ2) is 14.2. The van der Waals surface area contributed by atoms with Crippen LogP contribution in [0.1, 0.15) is 18.1 Å². The van der Waals surface area contributed by atoms with Crippen LogP contribution in [0.25, 0.3) is 0 Å². The van der Waals surface area contributed by atoms with Crippen LogP contribution < -0.4 is 21.7 Å². The first kappa shape index (κ1) is 30.4. The molecule has 0 heterocycles. The molecular formula is C25H32N4O8S. The summed E-state index contributed by atoms with van der Waals surface area (Å²) >= 11 is 4.10. The van der Waals surface area contributed by atoms with E-state index in [-0.39, 0.29) is 30.1 Å². The van der Waals surface area contributed by atoms with Gasteiger partial charge in [0.05, 0.1) is 6.10 Å². The average molecular weight is 549 g/mol. The van der Waals surface area contributed by atoms with Crippen molar-refractivity contribution in [2.45, 2.75) is 50.0 Å². The van der Waals surface area contributed by atoms with Crippen LogP contribution in [-0.4, -0.2) is 80.1 Å². The molecule has 13 heteroatoms. The minimum atomic E-state index is -1.33. The monoisotopic (exact) mass is 548 g/mol. The molecule has 2 aromatic rings. The molecule has 0 aliphatic rings. The van der Waals surface area contributed by atoms with E-state index in [9.17, 15) is 39.6 Å². The molecule has 5 atom stereocenters. The van der Waals surface area contributed by atoms with Gasteiger partial charge >= 0.3 is 5.97 Å². The number of carbonyl (C=O) groups is 4. The molecule has 0 saturated heterocycles. The molecule has 2 rings (SSSR count). The summed E-state index contributed by atoms with van der Waals surface area (Å²) < 4.78 is 0. The number of hydrogen-bond acceptors (Lipinski definition) is 9. The van der Waals surface area contributed by atoms with Gasteiger partial charge in [-0.05, 0) is 42.3 Å². The van der Waals surface area contributed by atoms with E-state index in [1.807, 2.05) is 0 Å².